The largest absolute Gasteiger partial charge is 0.275 e. The van der Waals surface area contributed by atoms with Crippen molar-refractivity contribution in [1.82, 2.24) is 29.5 Å². The maximum absolute atomic E-state index is 4.77. The van der Waals surface area contributed by atoms with E-state index < -0.39 is 0 Å². The average Bonchev–Trinajstić information content (AvgIpc) is 3.90. The maximum Gasteiger partial charge on any atom is 0.169 e. The van der Waals surface area contributed by atoms with Crippen LogP contribution in [0.4, 0.5) is 0 Å². The summed E-state index contributed by atoms with van der Waals surface area (Å²) in [5.74, 6) is 3.18. The third-order valence-corrected chi connectivity index (χ3v) is 10.0. The number of fused-ring (bicyclic) bond motifs is 2. The molecule has 10 aromatic rings. The van der Waals surface area contributed by atoms with Gasteiger partial charge in [0.25, 0.3) is 0 Å². The van der Waals surface area contributed by atoms with E-state index in [2.05, 4.69) is 167 Å². The Morgan fingerprint density at radius 1 is 0.259 bits per heavy atom. The molecule has 10 rings (SSSR count). The lowest BCUT2D eigenvalue weighted by molar-refractivity contribution is 1.07. The monoisotopic (exact) mass is 692 g/mol. The second-order valence-electron chi connectivity index (χ2n) is 13.2. The van der Waals surface area contributed by atoms with Crippen LogP contribution in [0.15, 0.2) is 194 Å². The summed E-state index contributed by atoms with van der Waals surface area (Å²) < 4.78 is 4.31. The van der Waals surface area contributed by atoms with Crippen LogP contribution in [0.3, 0.4) is 0 Å². The first-order valence-corrected chi connectivity index (χ1v) is 18.0. The van der Waals surface area contributed by atoms with E-state index in [9.17, 15) is 0 Å². The number of nitrogens with zero attached hydrogens (tertiary/aromatic N) is 6. The minimum absolute atomic E-state index is 0.785. The highest BCUT2D eigenvalue weighted by Gasteiger charge is 2.21. The molecule has 0 radical (unpaired) electrons. The van der Waals surface area contributed by atoms with Gasteiger partial charge in [-0.1, -0.05) is 170 Å². The molecule has 254 valence electrons. The zero-order valence-corrected chi connectivity index (χ0v) is 29.2. The fraction of sp³-hybridized carbons (Fsp3) is 0. The number of rotatable bonds is 7. The van der Waals surface area contributed by atoms with Gasteiger partial charge in [-0.05, 0) is 56.9 Å². The van der Waals surface area contributed by atoms with Gasteiger partial charge in [0.1, 0.15) is 0 Å². The molecule has 6 nitrogen and oxygen atoms in total. The van der Waals surface area contributed by atoms with E-state index >= 15 is 0 Å². The first-order chi connectivity index (χ1) is 26.8. The molecular formula is C48H32N6. The Morgan fingerprint density at radius 2 is 0.593 bits per heavy atom. The lowest BCUT2D eigenvalue weighted by atomic mass is 10.0. The van der Waals surface area contributed by atoms with Gasteiger partial charge in [-0.15, -0.1) is 20.4 Å². The normalized spacial score (nSPS) is 11.3. The Bertz CT molecular complexity index is 2700. The molecule has 2 heterocycles. The highest BCUT2D eigenvalue weighted by molar-refractivity contribution is 5.96. The van der Waals surface area contributed by atoms with Gasteiger partial charge in [0.15, 0.2) is 23.3 Å². The summed E-state index contributed by atoms with van der Waals surface area (Å²) in [5, 5.41) is 23.7. The minimum atomic E-state index is 0.785. The van der Waals surface area contributed by atoms with Gasteiger partial charge in [-0.25, -0.2) is 0 Å². The predicted molar refractivity (Wildman–Crippen MR) is 218 cm³/mol. The van der Waals surface area contributed by atoms with E-state index in [0.717, 1.165) is 78.8 Å². The van der Waals surface area contributed by atoms with E-state index in [0.29, 0.717) is 0 Å². The first-order valence-electron chi connectivity index (χ1n) is 18.0. The topological polar surface area (TPSA) is 61.4 Å². The van der Waals surface area contributed by atoms with E-state index in [4.69, 9.17) is 20.4 Å². The molecule has 2 aromatic heterocycles. The molecule has 0 saturated carbocycles. The summed E-state index contributed by atoms with van der Waals surface area (Å²) in [5.41, 5.74) is 8.27. The van der Waals surface area contributed by atoms with Gasteiger partial charge in [-0.2, -0.15) is 0 Å². The lowest BCUT2D eigenvalue weighted by Gasteiger charge is -2.13. The van der Waals surface area contributed by atoms with Crippen molar-refractivity contribution in [2.45, 2.75) is 0 Å². The Morgan fingerprint density at radius 3 is 1.02 bits per heavy atom. The average molecular weight is 693 g/mol. The molecule has 0 spiro atoms. The van der Waals surface area contributed by atoms with Crippen LogP contribution in [0, 0.1) is 0 Å². The predicted octanol–water partition coefficient (Wildman–Crippen LogP) is 11.5. The quantitative estimate of drug-likeness (QED) is 0.167. The van der Waals surface area contributed by atoms with Crippen molar-refractivity contribution in [3.63, 3.8) is 0 Å². The van der Waals surface area contributed by atoms with Gasteiger partial charge in [0, 0.05) is 33.6 Å². The van der Waals surface area contributed by atoms with Crippen molar-refractivity contribution in [2.24, 2.45) is 0 Å². The molecule has 0 N–H and O–H groups in total. The highest BCUT2D eigenvalue weighted by Crippen LogP contribution is 2.36. The fourth-order valence-electron chi connectivity index (χ4n) is 7.40. The molecule has 0 bridgehead atoms. The highest BCUT2D eigenvalue weighted by atomic mass is 15.3. The number of hydrogen-bond donors (Lipinski definition) is 0. The Hall–Kier alpha value is -7.44. The Labute approximate surface area is 312 Å². The molecular weight excluding hydrogens is 661 g/mol. The summed E-state index contributed by atoms with van der Waals surface area (Å²) in [4.78, 5) is 0. The number of para-hydroxylation sites is 2. The molecule has 0 aliphatic rings. The van der Waals surface area contributed by atoms with Crippen LogP contribution in [0.1, 0.15) is 0 Å². The maximum atomic E-state index is 4.77. The number of hydrogen-bond acceptors (Lipinski definition) is 4. The zero-order valence-electron chi connectivity index (χ0n) is 29.2. The third kappa shape index (κ3) is 5.45. The van der Waals surface area contributed by atoms with Crippen molar-refractivity contribution in [3.05, 3.63) is 194 Å². The van der Waals surface area contributed by atoms with Crippen LogP contribution < -0.4 is 0 Å². The van der Waals surface area contributed by atoms with E-state index in [1.807, 2.05) is 36.4 Å². The minimum Gasteiger partial charge on any atom is -0.275 e. The molecule has 6 heteroatoms. The zero-order chi connectivity index (χ0) is 35.8. The summed E-state index contributed by atoms with van der Waals surface area (Å²) >= 11 is 0. The molecule has 54 heavy (non-hydrogen) atoms. The molecule has 0 fully saturated rings. The third-order valence-electron chi connectivity index (χ3n) is 10.0. The summed E-state index contributed by atoms with van der Waals surface area (Å²) in [6.07, 6.45) is 0. The summed E-state index contributed by atoms with van der Waals surface area (Å²) in [6, 6.07) is 67.2. The van der Waals surface area contributed by atoms with Crippen LogP contribution >= 0.6 is 0 Å². The van der Waals surface area contributed by atoms with Crippen molar-refractivity contribution in [1.29, 1.82) is 0 Å². The Kier molecular flexibility index (Phi) is 7.69. The molecule has 0 saturated heterocycles. The number of benzene rings is 8. The van der Waals surface area contributed by atoms with Crippen molar-refractivity contribution in [3.8, 4) is 68.1 Å². The SMILES string of the molecule is c1ccc(-n2c(-c3ccc(-c4ccc(-c5nnc(-c6cccc7ccccc67)n5-c5ccccc5)cc4)cc3)nnc2-c2cccc3ccccc23)cc1. The van der Waals surface area contributed by atoms with Crippen LogP contribution in [0.5, 0.6) is 0 Å². The van der Waals surface area contributed by atoms with E-state index in [-0.39, 0.29) is 0 Å². The summed E-state index contributed by atoms with van der Waals surface area (Å²) in [7, 11) is 0. The van der Waals surface area contributed by atoms with Gasteiger partial charge in [0.05, 0.1) is 0 Å². The number of aromatic nitrogens is 6. The van der Waals surface area contributed by atoms with Gasteiger partial charge >= 0.3 is 0 Å². The standard InChI is InChI=1S/C48H32N6/c1-3-17-39(18-4-1)53-45(49-51-47(53)43-23-11-15-35-13-7-9-21-41(35)43)37-29-25-33(26-30-37)34-27-31-38(32-28-34)46-50-52-48(54(46)40-19-5-2-6-20-40)44-24-12-16-36-14-8-10-22-42(36)44/h1-32H. The second kappa shape index (κ2) is 13.3. The molecule has 8 aromatic carbocycles. The molecule has 0 aliphatic carbocycles. The van der Waals surface area contributed by atoms with Crippen molar-refractivity contribution < 1.29 is 0 Å². The molecule has 0 atom stereocenters. The van der Waals surface area contributed by atoms with Gasteiger partial charge in [-0.3, -0.25) is 9.13 Å². The van der Waals surface area contributed by atoms with E-state index in [1.54, 1.807) is 0 Å². The van der Waals surface area contributed by atoms with Crippen molar-refractivity contribution >= 4 is 21.5 Å². The van der Waals surface area contributed by atoms with Crippen LogP contribution in [-0.4, -0.2) is 29.5 Å². The smallest absolute Gasteiger partial charge is 0.169 e. The van der Waals surface area contributed by atoms with Gasteiger partial charge < -0.3 is 0 Å². The lowest BCUT2D eigenvalue weighted by Crippen LogP contribution is -2.00. The second-order valence-corrected chi connectivity index (χ2v) is 13.2. The molecule has 0 unspecified atom stereocenters. The van der Waals surface area contributed by atoms with Crippen molar-refractivity contribution in [2.75, 3.05) is 0 Å². The van der Waals surface area contributed by atoms with Gasteiger partial charge in [0.2, 0.25) is 0 Å². The Balaban J connectivity index is 1.01. The first kappa shape index (κ1) is 31.3. The van der Waals surface area contributed by atoms with Crippen LogP contribution in [0.25, 0.3) is 89.6 Å². The summed E-state index contributed by atoms with van der Waals surface area (Å²) in [6.45, 7) is 0. The molecule has 0 aliphatic heterocycles. The molecule has 0 amide bonds. The van der Waals surface area contributed by atoms with Crippen LogP contribution in [-0.2, 0) is 0 Å². The fourth-order valence-corrected chi connectivity index (χ4v) is 7.40. The van der Waals surface area contributed by atoms with Crippen LogP contribution in [0.2, 0.25) is 0 Å². The van der Waals surface area contributed by atoms with E-state index in [1.165, 1.54) is 10.8 Å².